The van der Waals surface area contributed by atoms with E-state index in [1.807, 2.05) is 12.1 Å². The third kappa shape index (κ3) is 4.72. The Balaban J connectivity index is 1.69. The van der Waals surface area contributed by atoms with Crippen molar-refractivity contribution in [2.75, 3.05) is 11.1 Å². The lowest BCUT2D eigenvalue weighted by molar-refractivity contribution is -0.384. The first-order valence-electron chi connectivity index (χ1n) is 8.09. The largest absolute Gasteiger partial charge is 0.323 e. The van der Waals surface area contributed by atoms with Crippen LogP contribution in [0.3, 0.4) is 0 Å². The van der Waals surface area contributed by atoms with E-state index in [-0.39, 0.29) is 23.9 Å². The average Bonchev–Trinajstić information content (AvgIpc) is 3.15. The van der Waals surface area contributed by atoms with E-state index < -0.39 is 4.92 Å². The van der Waals surface area contributed by atoms with Gasteiger partial charge in [0.1, 0.15) is 12.9 Å². The highest BCUT2D eigenvalue weighted by Gasteiger charge is 2.12. The zero-order valence-electron chi connectivity index (χ0n) is 14.5. The fourth-order valence-electron chi connectivity index (χ4n) is 2.40. The minimum atomic E-state index is -0.490. The molecule has 1 amide bonds. The fraction of sp³-hybridized carbons (Fsp3) is 0.111. The van der Waals surface area contributed by atoms with Crippen LogP contribution in [0.2, 0.25) is 0 Å². The molecule has 0 aliphatic rings. The number of aromatic nitrogens is 3. The Hall–Kier alpha value is -3.71. The molecule has 0 radical (unpaired) electrons. The molecule has 3 rings (SSSR count). The molecule has 1 N–H and O–H groups in total. The molecule has 0 bridgehead atoms. The molecule has 3 aromatic rings. The van der Waals surface area contributed by atoms with Gasteiger partial charge in [-0.3, -0.25) is 14.9 Å². The maximum absolute atomic E-state index is 12.3. The monoisotopic (exact) mass is 394 g/mol. The number of nitrogens with one attached hydrogen (secondary N) is 1. The number of amides is 1. The van der Waals surface area contributed by atoms with Crippen LogP contribution in [0.1, 0.15) is 0 Å². The summed E-state index contributed by atoms with van der Waals surface area (Å²) in [6.45, 7) is -0.0703. The van der Waals surface area contributed by atoms with Crippen molar-refractivity contribution in [1.82, 2.24) is 14.8 Å². The van der Waals surface area contributed by atoms with Crippen LogP contribution in [0.4, 0.5) is 11.4 Å². The minimum Gasteiger partial charge on any atom is -0.323 e. The summed E-state index contributed by atoms with van der Waals surface area (Å²) in [5, 5.41) is 26.6. The molecule has 28 heavy (non-hydrogen) atoms. The Morgan fingerprint density at radius 3 is 2.89 bits per heavy atom. The predicted molar refractivity (Wildman–Crippen MR) is 104 cm³/mol. The van der Waals surface area contributed by atoms with Gasteiger partial charge in [0, 0.05) is 22.6 Å². The summed E-state index contributed by atoms with van der Waals surface area (Å²) >= 11 is 1.33. The van der Waals surface area contributed by atoms with E-state index >= 15 is 0 Å². The molecule has 0 spiro atoms. The highest BCUT2D eigenvalue weighted by Crippen LogP contribution is 2.26. The van der Waals surface area contributed by atoms with Gasteiger partial charge in [-0.1, -0.05) is 24.3 Å². The molecule has 2 aromatic carbocycles. The lowest BCUT2D eigenvalue weighted by atomic mass is 10.2. The molecule has 0 aliphatic carbocycles. The second-order valence-corrected chi connectivity index (χ2v) is 6.58. The number of thioether (sulfide) groups is 1. The third-order valence-corrected chi connectivity index (χ3v) is 4.55. The summed E-state index contributed by atoms with van der Waals surface area (Å²) in [6.07, 6.45) is 1.39. The maximum Gasteiger partial charge on any atom is 0.270 e. The quantitative estimate of drug-likeness (QED) is 0.370. The Labute approximate surface area is 164 Å². The van der Waals surface area contributed by atoms with Gasteiger partial charge in [0.2, 0.25) is 5.91 Å². The number of anilines is 1. The van der Waals surface area contributed by atoms with E-state index in [2.05, 4.69) is 21.5 Å². The summed E-state index contributed by atoms with van der Waals surface area (Å²) in [4.78, 5) is 27.6. The van der Waals surface area contributed by atoms with Gasteiger partial charge in [0.25, 0.3) is 5.69 Å². The van der Waals surface area contributed by atoms with Crippen LogP contribution in [0, 0.1) is 21.4 Å². The Kier molecular flexibility index (Phi) is 5.98. The smallest absolute Gasteiger partial charge is 0.270 e. The highest BCUT2D eigenvalue weighted by molar-refractivity contribution is 7.99. The van der Waals surface area contributed by atoms with Gasteiger partial charge in [-0.2, -0.15) is 10.4 Å². The summed E-state index contributed by atoms with van der Waals surface area (Å²) in [6, 6.07) is 15.2. The van der Waals surface area contributed by atoms with E-state index in [4.69, 9.17) is 5.26 Å². The Morgan fingerprint density at radius 2 is 2.11 bits per heavy atom. The van der Waals surface area contributed by atoms with Crippen molar-refractivity contribution in [2.24, 2.45) is 0 Å². The fourth-order valence-corrected chi connectivity index (χ4v) is 3.07. The van der Waals surface area contributed by atoms with Gasteiger partial charge in [-0.15, -0.1) is 11.8 Å². The number of nitrogens with zero attached hydrogens (tertiary/aromatic N) is 5. The van der Waals surface area contributed by atoms with Gasteiger partial charge < -0.3 is 5.32 Å². The molecule has 0 atom stereocenters. The van der Waals surface area contributed by atoms with Gasteiger partial charge in [-0.05, 0) is 12.1 Å². The van der Waals surface area contributed by atoms with Crippen molar-refractivity contribution in [3.63, 3.8) is 0 Å². The molecule has 140 valence electrons. The predicted octanol–water partition coefficient (Wildman–Crippen LogP) is 3.11. The number of non-ortho nitro benzene ring substituents is 1. The lowest BCUT2D eigenvalue weighted by Crippen LogP contribution is -2.19. The topological polar surface area (TPSA) is 127 Å². The zero-order valence-corrected chi connectivity index (χ0v) is 15.3. The average molecular weight is 394 g/mol. The zero-order chi connectivity index (χ0) is 19.9. The summed E-state index contributed by atoms with van der Waals surface area (Å²) in [7, 11) is 0. The van der Waals surface area contributed by atoms with E-state index in [0.29, 0.717) is 17.1 Å². The maximum atomic E-state index is 12.3. The molecular weight excluding hydrogens is 380 g/mol. The van der Waals surface area contributed by atoms with Gasteiger partial charge in [-0.25, -0.2) is 9.67 Å². The van der Waals surface area contributed by atoms with Crippen LogP contribution in [-0.4, -0.2) is 31.3 Å². The third-order valence-electron chi connectivity index (χ3n) is 3.61. The molecule has 0 fully saturated rings. The van der Waals surface area contributed by atoms with Gasteiger partial charge in [0.15, 0.2) is 5.82 Å². The SMILES string of the molecule is N#CCSc1ccccc1NC(=O)Cn1cnc(-c2cccc([N+](=O)[O-])c2)n1. The molecule has 0 aliphatic heterocycles. The van der Waals surface area contributed by atoms with Crippen LogP contribution < -0.4 is 5.32 Å². The number of nitriles is 1. The van der Waals surface area contributed by atoms with Crippen LogP contribution in [0.25, 0.3) is 11.4 Å². The summed E-state index contributed by atoms with van der Waals surface area (Å²) < 4.78 is 1.36. The number of nitro benzene ring substituents is 1. The normalized spacial score (nSPS) is 10.2. The second-order valence-electron chi connectivity index (χ2n) is 5.56. The standard InChI is InChI=1S/C18H14N6O3S/c19-8-9-28-16-7-2-1-6-15(16)21-17(25)11-23-12-20-18(22-23)13-4-3-5-14(10-13)24(26)27/h1-7,10,12H,9,11H2,(H,21,25). The van der Waals surface area contributed by atoms with Crippen LogP contribution >= 0.6 is 11.8 Å². The van der Waals surface area contributed by atoms with Gasteiger partial charge >= 0.3 is 0 Å². The van der Waals surface area contributed by atoms with Crippen molar-refractivity contribution in [1.29, 1.82) is 5.26 Å². The Morgan fingerprint density at radius 1 is 1.29 bits per heavy atom. The number of benzene rings is 2. The van der Waals surface area contributed by atoms with Crippen LogP contribution in [-0.2, 0) is 11.3 Å². The number of carbonyl (C=O) groups excluding carboxylic acids is 1. The van der Waals surface area contributed by atoms with E-state index in [0.717, 1.165) is 4.90 Å². The first-order chi connectivity index (χ1) is 13.6. The molecule has 0 saturated heterocycles. The van der Waals surface area contributed by atoms with Crippen molar-refractivity contribution in [3.05, 3.63) is 65.0 Å². The molecule has 0 unspecified atom stereocenters. The number of rotatable bonds is 7. The van der Waals surface area contributed by atoms with Crippen LogP contribution in [0.15, 0.2) is 59.8 Å². The summed E-state index contributed by atoms with van der Waals surface area (Å²) in [5.74, 6) is 0.268. The van der Waals surface area contributed by atoms with E-state index in [9.17, 15) is 14.9 Å². The number of para-hydroxylation sites is 1. The molecule has 9 nitrogen and oxygen atoms in total. The minimum absolute atomic E-state index is 0.0573. The van der Waals surface area contributed by atoms with Crippen molar-refractivity contribution in [2.45, 2.75) is 11.4 Å². The Bertz CT molecular complexity index is 1060. The van der Waals surface area contributed by atoms with Gasteiger partial charge in [0.05, 0.1) is 22.4 Å². The molecule has 1 aromatic heterocycles. The first kappa shape index (κ1) is 19.1. The number of hydrogen-bond donors (Lipinski definition) is 1. The number of carbonyl (C=O) groups is 1. The summed E-state index contributed by atoms with van der Waals surface area (Å²) in [5.41, 5.74) is 1.05. The number of hydrogen-bond acceptors (Lipinski definition) is 7. The van der Waals surface area contributed by atoms with Crippen LogP contribution in [0.5, 0.6) is 0 Å². The molecule has 10 heteroatoms. The molecule has 1 heterocycles. The molecular formula is C18H14N6O3S. The number of nitro groups is 1. The van der Waals surface area contributed by atoms with Crippen molar-refractivity contribution < 1.29 is 9.72 Å². The van der Waals surface area contributed by atoms with Crippen molar-refractivity contribution >= 4 is 29.0 Å². The van der Waals surface area contributed by atoms with Crippen molar-refractivity contribution in [3.8, 4) is 17.5 Å². The molecule has 0 saturated carbocycles. The lowest BCUT2D eigenvalue weighted by Gasteiger charge is -2.09. The van der Waals surface area contributed by atoms with E-state index in [1.165, 1.54) is 34.9 Å². The van der Waals surface area contributed by atoms with E-state index in [1.54, 1.807) is 24.3 Å². The highest BCUT2D eigenvalue weighted by atomic mass is 32.2. The first-order valence-corrected chi connectivity index (χ1v) is 9.08. The second kappa shape index (κ2) is 8.79.